The summed E-state index contributed by atoms with van der Waals surface area (Å²) < 4.78 is 11.3. The van der Waals surface area contributed by atoms with Gasteiger partial charge in [-0.25, -0.2) is 0 Å². The third kappa shape index (κ3) is 3.23. The van der Waals surface area contributed by atoms with Crippen molar-refractivity contribution in [2.45, 2.75) is 12.6 Å². The van der Waals surface area contributed by atoms with E-state index in [0.29, 0.717) is 18.0 Å². The number of ether oxygens (including phenoxy) is 2. The van der Waals surface area contributed by atoms with Crippen LogP contribution in [0.4, 0.5) is 0 Å². The van der Waals surface area contributed by atoms with E-state index in [4.69, 9.17) is 9.47 Å². The highest BCUT2D eigenvalue weighted by Crippen LogP contribution is 2.31. The molecule has 5 nitrogen and oxygen atoms in total. The zero-order valence-corrected chi connectivity index (χ0v) is 12.8. The molecule has 1 aromatic heterocycles. The van der Waals surface area contributed by atoms with Gasteiger partial charge in [0.05, 0.1) is 13.2 Å². The largest absolute Gasteiger partial charge is 0.485 e. The Morgan fingerprint density at radius 3 is 2.82 bits per heavy atom. The van der Waals surface area contributed by atoms with E-state index in [1.54, 1.807) is 22.3 Å². The normalized spacial score (nSPS) is 16.3. The van der Waals surface area contributed by atoms with E-state index in [1.807, 2.05) is 35.7 Å². The van der Waals surface area contributed by atoms with Crippen LogP contribution < -0.4 is 9.47 Å². The maximum atomic E-state index is 12.6. The van der Waals surface area contributed by atoms with Gasteiger partial charge in [0, 0.05) is 11.4 Å². The average Bonchev–Trinajstić information content (AvgIpc) is 3.06. The molecule has 1 unspecified atom stereocenters. The Bertz CT molecular complexity index is 629. The summed E-state index contributed by atoms with van der Waals surface area (Å²) in [4.78, 5) is 15.3. The highest BCUT2D eigenvalue weighted by Gasteiger charge is 2.31. The lowest BCUT2D eigenvalue weighted by atomic mass is 10.2. The van der Waals surface area contributed by atoms with Crippen molar-refractivity contribution in [1.29, 1.82) is 0 Å². The fourth-order valence-corrected chi connectivity index (χ4v) is 3.04. The van der Waals surface area contributed by atoms with E-state index in [9.17, 15) is 9.90 Å². The van der Waals surface area contributed by atoms with Crippen LogP contribution in [0.25, 0.3) is 0 Å². The van der Waals surface area contributed by atoms with Gasteiger partial charge in [-0.2, -0.15) is 0 Å². The zero-order valence-electron chi connectivity index (χ0n) is 12.0. The van der Waals surface area contributed by atoms with Crippen LogP contribution in [-0.4, -0.2) is 41.8 Å². The molecule has 0 spiro atoms. The van der Waals surface area contributed by atoms with Crippen LogP contribution in [0.5, 0.6) is 11.5 Å². The van der Waals surface area contributed by atoms with Crippen molar-refractivity contribution in [2.75, 3.05) is 19.8 Å². The van der Waals surface area contributed by atoms with E-state index in [0.717, 1.165) is 4.88 Å². The molecule has 6 heteroatoms. The summed E-state index contributed by atoms with van der Waals surface area (Å²) in [5, 5.41) is 11.2. The van der Waals surface area contributed by atoms with Crippen molar-refractivity contribution in [3.8, 4) is 11.5 Å². The predicted octanol–water partition coefficient (Wildman–Crippen LogP) is 1.91. The molecule has 0 bridgehead atoms. The van der Waals surface area contributed by atoms with E-state index < -0.39 is 6.10 Å². The van der Waals surface area contributed by atoms with Gasteiger partial charge in [0.2, 0.25) is 6.10 Å². The molecule has 0 saturated carbocycles. The Kier molecular flexibility index (Phi) is 4.60. The van der Waals surface area contributed by atoms with Gasteiger partial charge in [-0.15, -0.1) is 11.3 Å². The minimum Gasteiger partial charge on any atom is -0.485 e. The Morgan fingerprint density at radius 1 is 1.27 bits per heavy atom. The van der Waals surface area contributed by atoms with Crippen molar-refractivity contribution in [1.82, 2.24) is 4.90 Å². The van der Waals surface area contributed by atoms with Crippen LogP contribution in [0.1, 0.15) is 4.88 Å². The van der Waals surface area contributed by atoms with E-state index in [-0.39, 0.29) is 25.7 Å². The van der Waals surface area contributed by atoms with Gasteiger partial charge in [-0.1, -0.05) is 18.2 Å². The molecule has 1 atom stereocenters. The molecule has 1 aliphatic heterocycles. The number of nitrogens with zero attached hydrogens (tertiary/aromatic N) is 1. The fraction of sp³-hybridized carbons (Fsp3) is 0.312. The lowest BCUT2D eigenvalue weighted by Gasteiger charge is -2.30. The molecule has 22 heavy (non-hydrogen) atoms. The molecule has 1 amide bonds. The number of thiophene rings is 1. The number of carbonyl (C=O) groups excluding carboxylic acids is 1. The summed E-state index contributed by atoms with van der Waals surface area (Å²) >= 11 is 1.58. The second kappa shape index (κ2) is 6.81. The molecule has 2 aromatic rings. The van der Waals surface area contributed by atoms with Crippen LogP contribution in [-0.2, 0) is 11.3 Å². The van der Waals surface area contributed by atoms with Crippen molar-refractivity contribution in [3.05, 3.63) is 46.7 Å². The quantitative estimate of drug-likeness (QED) is 0.914. The maximum Gasteiger partial charge on any atom is 0.267 e. The second-order valence-corrected chi connectivity index (χ2v) is 5.96. The first kappa shape index (κ1) is 14.9. The van der Waals surface area contributed by atoms with Crippen LogP contribution in [0.15, 0.2) is 41.8 Å². The van der Waals surface area contributed by atoms with Gasteiger partial charge < -0.3 is 19.5 Å². The lowest BCUT2D eigenvalue weighted by Crippen LogP contribution is -2.46. The number of rotatable bonds is 5. The second-order valence-electron chi connectivity index (χ2n) is 4.93. The number of para-hydroxylation sites is 2. The van der Waals surface area contributed by atoms with Crippen molar-refractivity contribution >= 4 is 17.2 Å². The van der Waals surface area contributed by atoms with Crippen LogP contribution in [0.3, 0.4) is 0 Å². The average molecular weight is 319 g/mol. The summed E-state index contributed by atoms with van der Waals surface area (Å²) in [7, 11) is 0. The molecule has 3 rings (SSSR count). The Morgan fingerprint density at radius 2 is 2.09 bits per heavy atom. The molecule has 116 valence electrons. The molecule has 2 heterocycles. The molecule has 1 aromatic carbocycles. The molecular weight excluding hydrogens is 302 g/mol. The molecule has 0 fully saturated rings. The smallest absolute Gasteiger partial charge is 0.267 e. The third-order valence-corrected chi connectivity index (χ3v) is 4.25. The van der Waals surface area contributed by atoms with Crippen LogP contribution in [0, 0.1) is 0 Å². The Hall–Kier alpha value is -2.05. The third-order valence-electron chi connectivity index (χ3n) is 3.39. The number of aliphatic hydroxyl groups is 1. The fourth-order valence-electron chi connectivity index (χ4n) is 2.32. The number of fused-ring (bicyclic) bond motifs is 1. The van der Waals surface area contributed by atoms with E-state index >= 15 is 0 Å². The summed E-state index contributed by atoms with van der Waals surface area (Å²) in [6, 6.07) is 11.2. The van der Waals surface area contributed by atoms with Gasteiger partial charge in [-0.3, -0.25) is 4.79 Å². The maximum absolute atomic E-state index is 12.6. The van der Waals surface area contributed by atoms with Crippen molar-refractivity contribution < 1.29 is 19.4 Å². The van der Waals surface area contributed by atoms with Gasteiger partial charge in [0.15, 0.2) is 11.5 Å². The number of amides is 1. The molecular formula is C16H17NO4S. The first-order valence-electron chi connectivity index (χ1n) is 7.08. The summed E-state index contributed by atoms with van der Waals surface area (Å²) in [5.74, 6) is 1.06. The van der Waals surface area contributed by atoms with Gasteiger partial charge in [0.1, 0.15) is 6.61 Å². The number of hydrogen-bond acceptors (Lipinski definition) is 5. The number of aliphatic hydroxyl groups excluding tert-OH is 1. The summed E-state index contributed by atoms with van der Waals surface area (Å²) in [5.41, 5.74) is 0. The number of benzene rings is 1. The predicted molar refractivity (Wildman–Crippen MR) is 83.2 cm³/mol. The van der Waals surface area contributed by atoms with Gasteiger partial charge in [-0.05, 0) is 23.6 Å². The zero-order chi connectivity index (χ0) is 15.4. The molecule has 0 aliphatic carbocycles. The molecule has 0 saturated heterocycles. The highest BCUT2D eigenvalue weighted by atomic mass is 32.1. The first-order valence-corrected chi connectivity index (χ1v) is 7.96. The summed E-state index contributed by atoms with van der Waals surface area (Å²) in [6.07, 6.45) is -0.679. The van der Waals surface area contributed by atoms with Crippen LogP contribution >= 0.6 is 11.3 Å². The first-order chi connectivity index (χ1) is 10.8. The van der Waals surface area contributed by atoms with Gasteiger partial charge in [0.25, 0.3) is 5.91 Å². The molecule has 1 N–H and O–H groups in total. The Labute approximate surface area is 132 Å². The monoisotopic (exact) mass is 319 g/mol. The van der Waals surface area contributed by atoms with Crippen LogP contribution in [0.2, 0.25) is 0 Å². The minimum absolute atomic E-state index is 0.0821. The molecule has 1 aliphatic rings. The van der Waals surface area contributed by atoms with Gasteiger partial charge >= 0.3 is 0 Å². The number of carbonyl (C=O) groups is 1. The van der Waals surface area contributed by atoms with E-state index in [1.165, 1.54) is 0 Å². The van der Waals surface area contributed by atoms with E-state index in [2.05, 4.69) is 0 Å². The van der Waals surface area contributed by atoms with Crippen molar-refractivity contribution in [2.24, 2.45) is 0 Å². The summed E-state index contributed by atoms with van der Waals surface area (Å²) in [6.45, 7) is 0.848. The molecule has 0 radical (unpaired) electrons. The number of hydrogen-bond donors (Lipinski definition) is 1. The minimum atomic E-state index is -0.679. The standard InChI is InChI=1S/C16H17NO4S/c18-8-7-17(10-12-4-3-9-22-12)16(19)15-11-20-13-5-1-2-6-14(13)21-15/h1-6,9,15,18H,7-8,10-11H2. The Balaban J connectivity index is 1.71. The SMILES string of the molecule is O=C(C1COc2ccccc2O1)N(CCO)Cc1cccs1. The highest BCUT2D eigenvalue weighted by molar-refractivity contribution is 7.09. The lowest BCUT2D eigenvalue weighted by molar-refractivity contribution is -0.142. The van der Waals surface area contributed by atoms with Crippen molar-refractivity contribution in [3.63, 3.8) is 0 Å². The topological polar surface area (TPSA) is 59.0 Å².